The van der Waals surface area contributed by atoms with Crippen LogP contribution in [0.5, 0.6) is 5.75 Å². The fourth-order valence-electron chi connectivity index (χ4n) is 2.32. The Labute approximate surface area is 132 Å². The van der Waals surface area contributed by atoms with Crippen molar-refractivity contribution in [2.45, 2.75) is 0 Å². The molecule has 0 fully saturated rings. The van der Waals surface area contributed by atoms with Gasteiger partial charge in [0, 0.05) is 37.1 Å². The molecule has 0 N–H and O–H groups in total. The number of methoxy groups -OCH3 is 1. The Morgan fingerprint density at radius 1 is 1.17 bits per heavy atom. The van der Waals surface area contributed by atoms with Crippen molar-refractivity contribution in [2.24, 2.45) is 0 Å². The van der Waals surface area contributed by atoms with E-state index in [0.29, 0.717) is 5.75 Å². The van der Waals surface area contributed by atoms with E-state index in [1.807, 2.05) is 24.1 Å². The van der Waals surface area contributed by atoms with Gasteiger partial charge in [-0.1, -0.05) is 0 Å². The van der Waals surface area contributed by atoms with E-state index >= 15 is 0 Å². The van der Waals surface area contributed by atoms with Crippen molar-refractivity contribution < 1.29 is 9.66 Å². The summed E-state index contributed by atoms with van der Waals surface area (Å²) in [4.78, 5) is 21.0. The largest absolute Gasteiger partial charge is 0.495 e. The molecule has 3 aromatic rings. The lowest BCUT2D eigenvalue weighted by Gasteiger charge is -2.20. The number of hydrogen-bond donors (Lipinski definition) is 0. The van der Waals surface area contributed by atoms with E-state index in [0.717, 1.165) is 22.4 Å². The molecular formula is C16H14N4O3. The first-order chi connectivity index (χ1) is 11.1. The molecule has 2 heterocycles. The van der Waals surface area contributed by atoms with Gasteiger partial charge in [0.05, 0.1) is 29.4 Å². The molecule has 0 aliphatic carbocycles. The molecule has 23 heavy (non-hydrogen) atoms. The molecule has 0 unspecified atom stereocenters. The van der Waals surface area contributed by atoms with Gasteiger partial charge in [-0.15, -0.1) is 0 Å². The van der Waals surface area contributed by atoms with Crippen molar-refractivity contribution >= 4 is 28.1 Å². The topological polar surface area (TPSA) is 81.4 Å². The molecule has 0 saturated heterocycles. The van der Waals surface area contributed by atoms with Crippen LogP contribution in [0.3, 0.4) is 0 Å². The highest BCUT2D eigenvalue weighted by Crippen LogP contribution is 2.30. The van der Waals surface area contributed by atoms with Crippen LogP contribution in [0.25, 0.3) is 11.0 Å². The van der Waals surface area contributed by atoms with Crippen LogP contribution in [0.2, 0.25) is 0 Å². The Morgan fingerprint density at radius 2 is 1.91 bits per heavy atom. The van der Waals surface area contributed by atoms with Gasteiger partial charge in [0.2, 0.25) is 0 Å². The van der Waals surface area contributed by atoms with Crippen LogP contribution in [0.15, 0.2) is 48.8 Å². The molecule has 0 aliphatic heterocycles. The number of nitro benzene ring substituents is 1. The van der Waals surface area contributed by atoms with Crippen LogP contribution >= 0.6 is 0 Å². The molecule has 7 nitrogen and oxygen atoms in total. The fourth-order valence-corrected chi connectivity index (χ4v) is 2.32. The minimum atomic E-state index is -0.417. The predicted molar refractivity (Wildman–Crippen MR) is 87.2 cm³/mol. The van der Waals surface area contributed by atoms with Crippen molar-refractivity contribution in [3.8, 4) is 5.75 Å². The first-order valence-electron chi connectivity index (χ1n) is 6.87. The van der Waals surface area contributed by atoms with Gasteiger partial charge in [-0.05, 0) is 18.2 Å². The monoisotopic (exact) mass is 310 g/mol. The molecule has 0 bridgehead atoms. The number of fused-ring (bicyclic) bond motifs is 1. The zero-order valence-electron chi connectivity index (χ0n) is 12.6. The van der Waals surface area contributed by atoms with Gasteiger partial charge in [0.25, 0.3) is 5.69 Å². The summed E-state index contributed by atoms with van der Waals surface area (Å²) in [6.45, 7) is 0. The van der Waals surface area contributed by atoms with E-state index in [1.54, 1.807) is 31.6 Å². The Morgan fingerprint density at radius 3 is 2.57 bits per heavy atom. The van der Waals surface area contributed by atoms with Gasteiger partial charge >= 0.3 is 0 Å². The molecule has 0 amide bonds. The van der Waals surface area contributed by atoms with Crippen molar-refractivity contribution in [3.05, 3.63) is 58.9 Å². The number of ether oxygens (including phenoxy) is 1. The Bertz CT molecular complexity index is 865. The third-order valence-corrected chi connectivity index (χ3v) is 3.58. The van der Waals surface area contributed by atoms with Gasteiger partial charge in [0.1, 0.15) is 11.3 Å². The normalized spacial score (nSPS) is 10.5. The minimum Gasteiger partial charge on any atom is -0.495 e. The third-order valence-electron chi connectivity index (χ3n) is 3.58. The van der Waals surface area contributed by atoms with Gasteiger partial charge in [0.15, 0.2) is 0 Å². The van der Waals surface area contributed by atoms with E-state index in [2.05, 4.69) is 9.97 Å². The smallest absolute Gasteiger partial charge is 0.269 e. The van der Waals surface area contributed by atoms with Crippen molar-refractivity contribution in [2.75, 3.05) is 19.1 Å². The summed E-state index contributed by atoms with van der Waals surface area (Å²) in [5, 5.41) is 10.7. The summed E-state index contributed by atoms with van der Waals surface area (Å²) < 4.78 is 5.16. The summed E-state index contributed by atoms with van der Waals surface area (Å²) in [5.74, 6) is 0.639. The summed E-state index contributed by atoms with van der Waals surface area (Å²) in [5.41, 5.74) is 3.18. The number of non-ortho nitro benzene ring substituents is 1. The molecule has 2 aromatic heterocycles. The second kappa shape index (κ2) is 5.88. The molecule has 0 saturated carbocycles. The first-order valence-corrected chi connectivity index (χ1v) is 6.87. The van der Waals surface area contributed by atoms with Gasteiger partial charge < -0.3 is 9.64 Å². The number of nitrogens with zero attached hydrogens (tertiary/aromatic N) is 4. The Hall–Kier alpha value is -3.22. The summed E-state index contributed by atoms with van der Waals surface area (Å²) in [6.07, 6.45) is 3.33. The Kier molecular flexibility index (Phi) is 3.76. The van der Waals surface area contributed by atoms with Crippen LogP contribution in [0, 0.1) is 10.1 Å². The maximum atomic E-state index is 10.7. The average Bonchev–Trinajstić information content (AvgIpc) is 2.60. The lowest BCUT2D eigenvalue weighted by atomic mass is 10.2. The zero-order valence-corrected chi connectivity index (χ0v) is 12.6. The molecular weight excluding hydrogens is 296 g/mol. The molecule has 0 atom stereocenters. The number of rotatable bonds is 4. The van der Waals surface area contributed by atoms with Gasteiger partial charge in [-0.2, -0.15) is 0 Å². The van der Waals surface area contributed by atoms with E-state index < -0.39 is 4.92 Å². The van der Waals surface area contributed by atoms with Crippen LogP contribution in [0.1, 0.15) is 0 Å². The van der Waals surface area contributed by atoms with E-state index in [1.165, 1.54) is 12.1 Å². The highest BCUT2D eigenvalue weighted by atomic mass is 16.6. The maximum Gasteiger partial charge on any atom is 0.269 e. The third kappa shape index (κ3) is 2.76. The summed E-state index contributed by atoms with van der Waals surface area (Å²) in [6, 6.07) is 10.0. The molecule has 0 aliphatic rings. The van der Waals surface area contributed by atoms with Gasteiger partial charge in [-0.25, -0.2) is 4.98 Å². The first kappa shape index (κ1) is 14.7. The van der Waals surface area contributed by atoms with Crippen molar-refractivity contribution in [3.63, 3.8) is 0 Å². The summed E-state index contributed by atoms with van der Waals surface area (Å²) >= 11 is 0. The zero-order chi connectivity index (χ0) is 16.4. The van der Waals surface area contributed by atoms with Crippen LogP contribution in [0.4, 0.5) is 17.1 Å². The second-order valence-corrected chi connectivity index (χ2v) is 4.91. The SMILES string of the molecule is COc1cnc2c(N(C)c3ccc([N+](=O)[O-])cc3)ccnc2c1. The number of benzene rings is 1. The van der Waals surface area contributed by atoms with Crippen LogP contribution < -0.4 is 9.64 Å². The number of hydrogen-bond acceptors (Lipinski definition) is 6. The molecule has 0 spiro atoms. The molecule has 116 valence electrons. The average molecular weight is 310 g/mol. The summed E-state index contributed by atoms with van der Waals surface area (Å²) in [7, 11) is 3.46. The van der Waals surface area contributed by atoms with E-state index in [9.17, 15) is 10.1 Å². The van der Waals surface area contributed by atoms with Crippen LogP contribution in [-0.4, -0.2) is 29.0 Å². The molecule has 3 rings (SSSR count). The lowest BCUT2D eigenvalue weighted by Crippen LogP contribution is -2.10. The number of aromatic nitrogens is 2. The number of pyridine rings is 2. The van der Waals surface area contributed by atoms with Crippen LogP contribution in [-0.2, 0) is 0 Å². The Balaban J connectivity index is 2.03. The fraction of sp³-hybridized carbons (Fsp3) is 0.125. The maximum absolute atomic E-state index is 10.7. The number of nitro groups is 1. The van der Waals surface area contributed by atoms with Crippen molar-refractivity contribution in [1.82, 2.24) is 9.97 Å². The predicted octanol–water partition coefficient (Wildman–Crippen LogP) is 3.31. The highest BCUT2D eigenvalue weighted by molar-refractivity contribution is 5.90. The van der Waals surface area contributed by atoms with E-state index in [-0.39, 0.29) is 5.69 Å². The van der Waals surface area contributed by atoms with Gasteiger partial charge in [-0.3, -0.25) is 15.1 Å². The highest BCUT2D eigenvalue weighted by Gasteiger charge is 2.12. The lowest BCUT2D eigenvalue weighted by molar-refractivity contribution is -0.384. The standard InChI is InChI=1S/C16H14N4O3/c1-19(11-3-5-12(6-4-11)20(21)22)15-7-8-17-14-9-13(23-2)10-18-16(14)15/h3-10H,1-2H3. The second-order valence-electron chi connectivity index (χ2n) is 4.91. The van der Waals surface area contributed by atoms with Crippen molar-refractivity contribution in [1.29, 1.82) is 0 Å². The quantitative estimate of drug-likeness (QED) is 0.543. The number of anilines is 2. The minimum absolute atomic E-state index is 0.0598. The molecule has 1 aromatic carbocycles. The van der Waals surface area contributed by atoms with E-state index in [4.69, 9.17) is 4.74 Å². The molecule has 7 heteroatoms. The molecule has 0 radical (unpaired) electrons.